The Kier molecular flexibility index (Phi) is 7.54. The molecule has 34 heavy (non-hydrogen) atoms. The van der Waals surface area contributed by atoms with Gasteiger partial charge in [0.2, 0.25) is 0 Å². The fraction of sp³-hybridized carbons (Fsp3) is 0.522. The molecule has 0 spiro atoms. The van der Waals surface area contributed by atoms with Crippen molar-refractivity contribution in [2.75, 3.05) is 24.3 Å². The average Bonchev–Trinajstić information content (AvgIpc) is 3.47. The lowest BCUT2D eigenvalue weighted by atomic mass is 9.97. The van der Waals surface area contributed by atoms with Crippen molar-refractivity contribution in [3.63, 3.8) is 0 Å². The zero-order valence-corrected chi connectivity index (χ0v) is 21.2. The van der Waals surface area contributed by atoms with Gasteiger partial charge in [-0.3, -0.25) is 0 Å². The summed E-state index contributed by atoms with van der Waals surface area (Å²) in [6.07, 6.45) is 1.73. The first-order chi connectivity index (χ1) is 16.2. The van der Waals surface area contributed by atoms with E-state index >= 15 is 0 Å². The fourth-order valence-corrected chi connectivity index (χ4v) is 5.30. The van der Waals surface area contributed by atoms with Crippen LogP contribution in [0.25, 0.3) is 0 Å². The third kappa shape index (κ3) is 6.13. The molecule has 2 aliphatic rings. The van der Waals surface area contributed by atoms with Crippen molar-refractivity contribution in [3.05, 3.63) is 45.9 Å². The number of para-hydroxylation sites is 1. The van der Waals surface area contributed by atoms with Crippen LogP contribution >= 0.6 is 11.3 Å². The number of rotatable bonds is 6. The summed E-state index contributed by atoms with van der Waals surface area (Å²) in [4.78, 5) is 24.6. The van der Waals surface area contributed by atoms with Gasteiger partial charge >= 0.3 is 6.09 Å². The van der Waals surface area contributed by atoms with E-state index in [0.717, 1.165) is 40.5 Å². The molecular formula is C23H30N4O5S2. The number of oxime groups is 1. The molecule has 0 radical (unpaired) electrons. The smallest absolute Gasteiger partial charge is 0.410 e. The van der Waals surface area contributed by atoms with Crippen LogP contribution in [0.3, 0.4) is 0 Å². The first-order valence-electron chi connectivity index (χ1n) is 11.3. The van der Waals surface area contributed by atoms with Crippen LogP contribution in [-0.4, -0.2) is 55.0 Å². The molecule has 2 N–H and O–H groups in total. The van der Waals surface area contributed by atoms with Crippen LogP contribution in [0.2, 0.25) is 0 Å². The lowest BCUT2D eigenvalue weighted by molar-refractivity contribution is 0.0204. The van der Waals surface area contributed by atoms with Gasteiger partial charge in [-0.25, -0.2) is 14.0 Å². The van der Waals surface area contributed by atoms with E-state index in [1.165, 1.54) is 0 Å². The number of hydrogen-bond donors (Lipinski definition) is 2. The van der Waals surface area contributed by atoms with E-state index in [-0.39, 0.29) is 18.1 Å². The largest absolute Gasteiger partial charge is 0.444 e. The second-order valence-electron chi connectivity index (χ2n) is 9.38. The van der Waals surface area contributed by atoms with E-state index in [2.05, 4.69) is 10.5 Å². The summed E-state index contributed by atoms with van der Waals surface area (Å²) < 4.78 is 25.6. The highest BCUT2D eigenvalue weighted by Crippen LogP contribution is 2.36. The lowest BCUT2D eigenvalue weighted by Gasteiger charge is -2.32. The Hall–Kier alpha value is -2.50. The van der Waals surface area contributed by atoms with Crippen molar-refractivity contribution >= 4 is 39.9 Å². The van der Waals surface area contributed by atoms with Crippen molar-refractivity contribution in [1.29, 1.82) is 0 Å². The van der Waals surface area contributed by atoms with E-state index in [0.29, 0.717) is 25.4 Å². The van der Waals surface area contributed by atoms with Crippen LogP contribution in [0.1, 0.15) is 68.3 Å². The van der Waals surface area contributed by atoms with Crippen LogP contribution in [0, 0.1) is 0 Å². The van der Waals surface area contributed by atoms with Gasteiger partial charge in [-0.15, -0.1) is 11.3 Å². The minimum Gasteiger partial charge on any atom is -0.444 e. The third-order valence-corrected chi connectivity index (χ3v) is 7.07. The molecule has 184 valence electrons. The Balaban J connectivity index is 1.34. The van der Waals surface area contributed by atoms with Crippen LogP contribution in [0.4, 0.5) is 10.5 Å². The average molecular weight is 507 g/mol. The molecule has 1 aromatic carbocycles. The second kappa shape index (κ2) is 10.4. The number of piperidine rings is 1. The topological polar surface area (TPSA) is 113 Å². The van der Waals surface area contributed by atoms with Crippen molar-refractivity contribution in [2.45, 2.75) is 57.7 Å². The number of likely N-dealkylation sites (tertiary alicyclic amines) is 1. The van der Waals surface area contributed by atoms with Gasteiger partial charge in [0.05, 0.1) is 10.7 Å². The number of anilines is 1. The molecule has 1 amide bonds. The third-order valence-electron chi connectivity index (χ3n) is 5.68. The number of benzene rings is 1. The van der Waals surface area contributed by atoms with Crippen molar-refractivity contribution in [2.24, 2.45) is 5.16 Å². The SMILES string of the molecule is CC(C)(C)OC(=O)N1CCC(c2nc(C3=NOC(c4ccccc4NCS(=O)O)C3)cs2)CC1. The Morgan fingerprint density at radius 2 is 2.06 bits per heavy atom. The predicted molar refractivity (Wildman–Crippen MR) is 133 cm³/mol. The highest BCUT2D eigenvalue weighted by Gasteiger charge is 2.31. The number of carbonyl (C=O) groups excluding carboxylic acids is 1. The second-order valence-corrected chi connectivity index (χ2v) is 11.2. The Labute approximate surface area is 205 Å². The predicted octanol–water partition coefficient (Wildman–Crippen LogP) is 4.71. The van der Waals surface area contributed by atoms with Crippen LogP contribution < -0.4 is 5.32 Å². The quantitative estimate of drug-likeness (QED) is 0.545. The minimum absolute atomic E-state index is 0.0559. The molecule has 0 aliphatic carbocycles. The van der Waals surface area contributed by atoms with Crippen LogP contribution in [0.15, 0.2) is 34.8 Å². The molecule has 2 unspecified atom stereocenters. The number of amides is 1. The standard InChI is InChI=1S/C23H30N4O5S2/c1-23(2,3)31-22(28)27-10-8-15(9-11-27)21-25-19(13-33-21)18-12-20(32-26-18)16-6-4-5-7-17(16)24-14-34(29)30/h4-7,13,15,20,24H,8-12,14H2,1-3H3,(H,29,30). The number of ether oxygens (including phenoxy) is 1. The molecule has 0 saturated carbocycles. The van der Waals surface area contributed by atoms with E-state index in [4.69, 9.17) is 19.1 Å². The molecule has 3 heterocycles. The number of aromatic nitrogens is 1. The highest BCUT2D eigenvalue weighted by atomic mass is 32.2. The first-order valence-corrected chi connectivity index (χ1v) is 13.4. The van der Waals surface area contributed by atoms with Gasteiger partial charge in [0.1, 0.15) is 17.2 Å². The maximum atomic E-state index is 12.3. The monoisotopic (exact) mass is 506 g/mol. The fourth-order valence-electron chi connectivity index (χ4n) is 4.02. The minimum atomic E-state index is -1.94. The number of thiazole rings is 1. The van der Waals surface area contributed by atoms with E-state index in [1.807, 2.05) is 50.4 Å². The molecule has 0 bridgehead atoms. The van der Waals surface area contributed by atoms with Gasteiger partial charge in [-0.2, -0.15) is 0 Å². The zero-order valence-electron chi connectivity index (χ0n) is 19.5. The zero-order chi connectivity index (χ0) is 24.3. The number of carbonyl (C=O) groups is 1. The summed E-state index contributed by atoms with van der Waals surface area (Å²) >= 11 is -0.322. The molecule has 1 fully saturated rings. The normalized spacial score (nSPS) is 19.9. The Bertz CT molecular complexity index is 1070. The molecule has 2 atom stereocenters. The summed E-state index contributed by atoms with van der Waals surface area (Å²) in [5.74, 6) is 0.250. The van der Waals surface area contributed by atoms with Gasteiger partial charge in [0, 0.05) is 42.1 Å². The summed E-state index contributed by atoms with van der Waals surface area (Å²) in [7, 11) is 0. The summed E-state index contributed by atoms with van der Waals surface area (Å²) in [5.41, 5.74) is 2.76. The van der Waals surface area contributed by atoms with Gasteiger partial charge in [0.25, 0.3) is 0 Å². The van der Waals surface area contributed by atoms with Crippen molar-refractivity contribution in [3.8, 4) is 0 Å². The molecule has 1 aromatic heterocycles. The highest BCUT2D eigenvalue weighted by molar-refractivity contribution is 7.79. The molecule has 1 saturated heterocycles. The molecule has 2 aromatic rings. The van der Waals surface area contributed by atoms with Gasteiger partial charge < -0.3 is 24.3 Å². The molecule has 2 aliphatic heterocycles. The summed E-state index contributed by atoms with van der Waals surface area (Å²) in [6.45, 7) is 6.94. The molecule has 9 nitrogen and oxygen atoms in total. The van der Waals surface area contributed by atoms with Gasteiger partial charge in [-0.1, -0.05) is 23.4 Å². The van der Waals surface area contributed by atoms with E-state index in [1.54, 1.807) is 16.2 Å². The lowest BCUT2D eigenvalue weighted by Crippen LogP contribution is -2.41. The van der Waals surface area contributed by atoms with Crippen LogP contribution in [0.5, 0.6) is 0 Å². The Morgan fingerprint density at radius 3 is 2.76 bits per heavy atom. The van der Waals surface area contributed by atoms with Gasteiger partial charge in [0.15, 0.2) is 17.2 Å². The molecule has 11 heteroatoms. The number of nitrogens with zero attached hydrogens (tertiary/aromatic N) is 3. The maximum absolute atomic E-state index is 12.3. The van der Waals surface area contributed by atoms with E-state index < -0.39 is 16.7 Å². The van der Waals surface area contributed by atoms with Crippen molar-refractivity contribution < 1.29 is 23.1 Å². The van der Waals surface area contributed by atoms with Crippen LogP contribution in [-0.2, 0) is 20.7 Å². The summed E-state index contributed by atoms with van der Waals surface area (Å²) in [5, 5.41) is 10.3. The molecular weight excluding hydrogens is 476 g/mol. The van der Waals surface area contributed by atoms with Gasteiger partial charge in [-0.05, 0) is 39.7 Å². The number of nitrogens with one attached hydrogen (secondary N) is 1. The maximum Gasteiger partial charge on any atom is 0.410 e. The summed E-state index contributed by atoms with van der Waals surface area (Å²) in [6, 6.07) is 7.55. The Morgan fingerprint density at radius 1 is 1.32 bits per heavy atom. The molecule has 4 rings (SSSR count). The van der Waals surface area contributed by atoms with Crippen molar-refractivity contribution in [1.82, 2.24) is 9.88 Å². The first kappa shape index (κ1) is 24.6. The number of hydrogen-bond acceptors (Lipinski definition) is 8. The van der Waals surface area contributed by atoms with E-state index in [9.17, 15) is 9.00 Å².